The molecule has 0 amide bonds. The Morgan fingerprint density at radius 3 is 2.47 bits per heavy atom. The van der Waals surface area contributed by atoms with Gasteiger partial charge in [0.1, 0.15) is 0 Å². The Balaban J connectivity index is 2.74. The summed E-state index contributed by atoms with van der Waals surface area (Å²) in [5.41, 5.74) is -0.452. The molecule has 0 radical (unpaired) electrons. The van der Waals surface area contributed by atoms with Crippen molar-refractivity contribution in [2.45, 2.75) is 19.6 Å². The maximum absolute atomic E-state index is 12.6. The van der Waals surface area contributed by atoms with Gasteiger partial charge in [-0.2, -0.15) is 13.2 Å². The Bertz CT molecular complexity index is 391. The number of hydrogen-bond donors (Lipinski definition) is 2. The van der Waals surface area contributed by atoms with E-state index in [0.29, 0.717) is 11.7 Å². The summed E-state index contributed by atoms with van der Waals surface area (Å²) in [6.07, 6.45) is -4.34. The van der Waals surface area contributed by atoms with E-state index in [4.69, 9.17) is 12.2 Å². The highest BCUT2D eigenvalue weighted by Crippen LogP contribution is 2.31. The normalized spacial score (nSPS) is 11.1. The van der Waals surface area contributed by atoms with Gasteiger partial charge in [0.15, 0.2) is 5.11 Å². The highest BCUT2D eigenvalue weighted by atomic mass is 32.1. The van der Waals surface area contributed by atoms with E-state index in [1.807, 2.05) is 6.92 Å². The molecule has 0 aromatic heterocycles. The van der Waals surface area contributed by atoms with Gasteiger partial charge in [-0.25, -0.2) is 0 Å². The Morgan fingerprint density at radius 2 is 1.88 bits per heavy atom. The van der Waals surface area contributed by atoms with Crippen molar-refractivity contribution in [2.75, 3.05) is 6.54 Å². The smallest absolute Gasteiger partial charge is 0.363 e. The molecule has 0 saturated carbocycles. The van der Waals surface area contributed by atoms with Gasteiger partial charge < -0.3 is 10.6 Å². The minimum Gasteiger partial charge on any atom is -0.363 e. The van der Waals surface area contributed by atoms with Gasteiger partial charge in [0.25, 0.3) is 0 Å². The van der Waals surface area contributed by atoms with Crippen molar-refractivity contribution in [2.24, 2.45) is 0 Å². The zero-order valence-corrected chi connectivity index (χ0v) is 10.1. The number of thiocarbonyl (C=S) groups is 1. The number of benzene rings is 1. The van der Waals surface area contributed by atoms with E-state index >= 15 is 0 Å². The summed E-state index contributed by atoms with van der Waals surface area (Å²) in [6, 6.07) is 5.44. The number of halogens is 3. The second-order valence-electron chi connectivity index (χ2n) is 3.37. The van der Waals surface area contributed by atoms with Crippen molar-refractivity contribution >= 4 is 17.3 Å². The summed E-state index contributed by atoms with van der Waals surface area (Å²) in [7, 11) is 0. The molecule has 17 heavy (non-hydrogen) atoms. The lowest BCUT2D eigenvalue weighted by atomic mass is 10.1. The zero-order chi connectivity index (χ0) is 12.9. The zero-order valence-electron chi connectivity index (χ0n) is 9.27. The summed E-state index contributed by atoms with van der Waals surface area (Å²) in [5.74, 6) is 0. The van der Waals surface area contributed by atoms with Crippen LogP contribution in [0.25, 0.3) is 0 Å². The number of nitrogens with one attached hydrogen (secondary N) is 2. The van der Waals surface area contributed by atoms with Crippen LogP contribution in [0, 0.1) is 0 Å². The lowest BCUT2D eigenvalue weighted by molar-refractivity contribution is -0.138. The van der Waals surface area contributed by atoms with Gasteiger partial charge in [-0.15, -0.1) is 0 Å². The van der Waals surface area contributed by atoms with Crippen LogP contribution in [0.4, 0.5) is 13.2 Å². The predicted octanol–water partition coefficient (Wildman–Crippen LogP) is 2.69. The Kier molecular flexibility index (Phi) is 4.74. The average molecular weight is 262 g/mol. The van der Waals surface area contributed by atoms with E-state index < -0.39 is 11.7 Å². The van der Waals surface area contributed by atoms with Crippen LogP contribution >= 0.6 is 12.2 Å². The first-order valence-electron chi connectivity index (χ1n) is 5.12. The minimum absolute atomic E-state index is 0.0571. The third-order valence-corrected chi connectivity index (χ3v) is 2.39. The monoisotopic (exact) mass is 262 g/mol. The molecule has 1 rings (SSSR count). The lowest BCUT2D eigenvalue weighted by Crippen LogP contribution is -2.34. The van der Waals surface area contributed by atoms with E-state index in [1.165, 1.54) is 12.1 Å². The van der Waals surface area contributed by atoms with Crippen molar-refractivity contribution in [3.63, 3.8) is 0 Å². The molecule has 0 atom stereocenters. The van der Waals surface area contributed by atoms with Crippen LogP contribution in [0.3, 0.4) is 0 Å². The number of hydrogen-bond acceptors (Lipinski definition) is 1. The number of rotatable bonds is 3. The molecule has 0 aliphatic rings. The fourth-order valence-electron chi connectivity index (χ4n) is 1.35. The molecule has 0 fully saturated rings. The maximum Gasteiger partial charge on any atom is 0.416 e. The fraction of sp³-hybridized carbons (Fsp3) is 0.364. The van der Waals surface area contributed by atoms with E-state index in [1.54, 1.807) is 6.07 Å². The first kappa shape index (κ1) is 13.8. The first-order valence-corrected chi connectivity index (χ1v) is 5.52. The summed E-state index contributed by atoms with van der Waals surface area (Å²) in [5, 5.41) is 5.90. The molecule has 0 saturated heterocycles. The third-order valence-electron chi connectivity index (χ3n) is 2.10. The first-order chi connectivity index (χ1) is 7.95. The molecule has 2 nitrogen and oxygen atoms in total. The molecular formula is C11H13F3N2S. The quantitative estimate of drug-likeness (QED) is 0.819. The van der Waals surface area contributed by atoms with Crippen LogP contribution in [0.15, 0.2) is 24.3 Å². The molecule has 0 spiro atoms. The van der Waals surface area contributed by atoms with Crippen molar-refractivity contribution in [1.82, 2.24) is 10.6 Å². The molecule has 0 aliphatic heterocycles. The van der Waals surface area contributed by atoms with Crippen LogP contribution in [-0.2, 0) is 12.7 Å². The Hall–Kier alpha value is -1.30. The molecule has 0 bridgehead atoms. The van der Waals surface area contributed by atoms with Gasteiger partial charge in [-0.1, -0.05) is 18.2 Å². The predicted molar refractivity (Wildman–Crippen MR) is 64.6 cm³/mol. The lowest BCUT2D eigenvalue weighted by Gasteiger charge is -2.14. The standard InChI is InChI=1S/C11H13F3N2S/c1-2-15-10(17)16-7-8-5-3-4-6-9(8)11(12,13)14/h3-6H,2,7H2,1H3,(H2,15,16,17). The molecule has 0 unspecified atom stereocenters. The molecule has 1 aromatic rings. The SMILES string of the molecule is CCNC(=S)NCc1ccccc1C(F)(F)F. The average Bonchev–Trinajstić information content (AvgIpc) is 2.26. The van der Waals surface area contributed by atoms with Crippen LogP contribution < -0.4 is 10.6 Å². The van der Waals surface area contributed by atoms with Crippen molar-refractivity contribution in [1.29, 1.82) is 0 Å². The van der Waals surface area contributed by atoms with E-state index in [-0.39, 0.29) is 12.1 Å². The van der Waals surface area contributed by atoms with Crippen LogP contribution in [0.2, 0.25) is 0 Å². The molecule has 0 heterocycles. The molecule has 2 N–H and O–H groups in total. The van der Waals surface area contributed by atoms with Crippen molar-refractivity contribution in [3.05, 3.63) is 35.4 Å². The van der Waals surface area contributed by atoms with Crippen molar-refractivity contribution < 1.29 is 13.2 Å². The van der Waals surface area contributed by atoms with Gasteiger partial charge in [0, 0.05) is 13.1 Å². The second-order valence-corrected chi connectivity index (χ2v) is 3.78. The minimum atomic E-state index is -4.34. The fourth-order valence-corrected chi connectivity index (χ4v) is 1.57. The van der Waals surface area contributed by atoms with Crippen LogP contribution in [0.1, 0.15) is 18.1 Å². The summed E-state index contributed by atoms with van der Waals surface area (Å²) >= 11 is 4.89. The highest BCUT2D eigenvalue weighted by Gasteiger charge is 2.32. The van der Waals surface area contributed by atoms with Gasteiger partial charge >= 0.3 is 6.18 Å². The molecule has 1 aromatic carbocycles. The van der Waals surface area contributed by atoms with Crippen LogP contribution in [-0.4, -0.2) is 11.7 Å². The summed E-state index contributed by atoms with van der Waals surface area (Å²) < 4.78 is 37.9. The Morgan fingerprint density at radius 1 is 1.24 bits per heavy atom. The van der Waals surface area contributed by atoms with Gasteiger partial charge in [0.05, 0.1) is 5.56 Å². The van der Waals surface area contributed by atoms with E-state index in [9.17, 15) is 13.2 Å². The van der Waals surface area contributed by atoms with Gasteiger partial charge in [-0.05, 0) is 30.8 Å². The van der Waals surface area contributed by atoms with Crippen LogP contribution in [0.5, 0.6) is 0 Å². The van der Waals surface area contributed by atoms with Gasteiger partial charge in [0.2, 0.25) is 0 Å². The largest absolute Gasteiger partial charge is 0.416 e. The van der Waals surface area contributed by atoms with E-state index in [2.05, 4.69) is 10.6 Å². The topological polar surface area (TPSA) is 24.1 Å². The molecule has 94 valence electrons. The third kappa shape index (κ3) is 4.22. The molecule has 6 heteroatoms. The van der Waals surface area contributed by atoms with Gasteiger partial charge in [-0.3, -0.25) is 0 Å². The Labute approximate surface area is 103 Å². The highest BCUT2D eigenvalue weighted by molar-refractivity contribution is 7.80. The second kappa shape index (κ2) is 5.86. The van der Waals surface area contributed by atoms with E-state index in [0.717, 1.165) is 6.07 Å². The summed E-state index contributed by atoms with van der Waals surface area (Å²) in [6.45, 7) is 2.55. The molecule has 0 aliphatic carbocycles. The summed E-state index contributed by atoms with van der Waals surface area (Å²) in [4.78, 5) is 0. The van der Waals surface area contributed by atoms with Crippen molar-refractivity contribution in [3.8, 4) is 0 Å². The maximum atomic E-state index is 12.6. The molecular weight excluding hydrogens is 249 g/mol. The number of alkyl halides is 3.